The van der Waals surface area contributed by atoms with Crippen LogP contribution in [-0.4, -0.2) is 28.5 Å². The van der Waals surface area contributed by atoms with Gasteiger partial charge in [-0.25, -0.2) is 4.98 Å². The fourth-order valence-electron chi connectivity index (χ4n) is 3.97. The first-order valence-electron chi connectivity index (χ1n) is 9.47. The highest BCUT2D eigenvalue weighted by atomic mass is 19.1. The van der Waals surface area contributed by atoms with Gasteiger partial charge in [-0.2, -0.15) is 13.8 Å². The fourth-order valence-corrected chi connectivity index (χ4v) is 3.97. The Morgan fingerprint density at radius 1 is 1.14 bits per heavy atom. The van der Waals surface area contributed by atoms with Crippen LogP contribution in [-0.2, 0) is 0 Å². The number of amides is 1. The van der Waals surface area contributed by atoms with E-state index in [0.29, 0.717) is 11.7 Å². The molecule has 0 radical (unpaired) electrons. The lowest BCUT2D eigenvalue weighted by Crippen LogP contribution is -2.60. The van der Waals surface area contributed by atoms with Crippen LogP contribution in [0.25, 0.3) is 0 Å². The second kappa shape index (κ2) is 7.33. The third-order valence-electron chi connectivity index (χ3n) is 5.82. The van der Waals surface area contributed by atoms with Gasteiger partial charge in [0.05, 0.1) is 7.11 Å². The summed E-state index contributed by atoms with van der Waals surface area (Å²) in [5.74, 6) is -1.03. The van der Waals surface area contributed by atoms with Gasteiger partial charge >= 0.3 is 0 Å². The Bertz CT molecular complexity index is 878. The smallest absolute Gasteiger partial charge is 0.274 e. The summed E-state index contributed by atoms with van der Waals surface area (Å²) >= 11 is 0. The Hall–Kier alpha value is -2.77. The standard InChI is InChI=1S/C20H22F2N4O2/c1-28-14-6-7-17(23-13-10-15(21)24-16(22)11-13)25-18(14)19(27)26-20(8-3-9-20)12-4-2-5-12/h6-7,10-12H,2-5,8-9H2,1H3,(H,26,27)(H,23,24,25). The second-order valence-electron chi connectivity index (χ2n) is 7.47. The molecule has 2 heterocycles. The molecular weight excluding hydrogens is 366 g/mol. The number of nitrogens with one attached hydrogen (secondary N) is 2. The Morgan fingerprint density at radius 2 is 1.86 bits per heavy atom. The van der Waals surface area contributed by atoms with Crippen molar-refractivity contribution in [3.05, 3.63) is 41.9 Å². The average molecular weight is 388 g/mol. The van der Waals surface area contributed by atoms with Crippen LogP contribution in [0.1, 0.15) is 49.0 Å². The number of carbonyl (C=O) groups is 1. The Kier molecular flexibility index (Phi) is 4.87. The summed E-state index contributed by atoms with van der Waals surface area (Å²) in [6.07, 6.45) is 6.58. The molecule has 4 rings (SSSR count). The molecule has 6 nitrogen and oxygen atoms in total. The van der Waals surface area contributed by atoms with Gasteiger partial charge in [0, 0.05) is 23.4 Å². The van der Waals surface area contributed by atoms with Gasteiger partial charge in [-0.1, -0.05) is 6.42 Å². The van der Waals surface area contributed by atoms with Crippen LogP contribution in [0.4, 0.5) is 20.3 Å². The number of hydrogen-bond donors (Lipinski definition) is 2. The minimum absolute atomic E-state index is 0.136. The van der Waals surface area contributed by atoms with Gasteiger partial charge in [0.15, 0.2) is 5.69 Å². The Balaban J connectivity index is 1.57. The molecule has 2 aromatic heterocycles. The van der Waals surface area contributed by atoms with Crippen LogP contribution in [0.2, 0.25) is 0 Å². The monoisotopic (exact) mass is 388 g/mol. The molecule has 2 N–H and O–H groups in total. The molecule has 2 fully saturated rings. The third-order valence-corrected chi connectivity index (χ3v) is 5.82. The van der Waals surface area contributed by atoms with E-state index in [1.807, 2.05) is 0 Å². The largest absolute Gasteiger partial charge is 0.494 e. The third kappa shape index (κ3) is 3.50. The van der Waals surface area contributed by atoms with E-state index < -0.39 is 11.9 Å². The first kappa shape index (κ1) is 18.6. The van der Waals surface area contributed by atoms with Gasteiger partial charge in [0.2, 0.25) is 11.9 Å². The predicted octanol–water partition coefficient (Wildman–Crippen LogP) is 3.96. The van der Waals surface area contributed by atoms with E-state index >= 15 is 0 Å². The van der Waals surface area contributed by atoms with Crippen LogP contribution < -0.4 is 15.4 Å². The van der Waals surface area contributed by atoms with Gasteiger partial charge in [-0.15, -0.1) is 0 Å². The van der Waals surface area contributed by atoms with E-state index in [9.17, 15) is 13.6 Å². The quantitative estimate of drug-likeness (QED) is 0.733. The summed E-state index contributed by atoms with van der Waals surface area (Å²) in [6, 6.07) is 5.29. The maximum absolute atomic E-state index is 13.3. The molecule has 148 valence electrons. The number of aromatic nitrogens is 2. The SMILES string of the molecule is COc1ccc(Nc2cc(F)nc(F)c2)nc1C(=O)NC1(C2CCC2)CCC1. The summed E-state index contributed by atoms with van der Waals surface area (Å²) in [5, 5.41) is 5.99. The second-order valence-corrected chi connectivity index (χ2v) is 7.47. The van der Waals surface area contributed by atoms with E-state index in [1.165, 1.54) is 13.5 Å². The van der Waals surface area contributed by atoms with E-state index in [1.54, 1.807) is 12.1 Å². The number of rotatable bonds is 6. The van der Waals surface area contributed by atoms with Crippen LogP contribution >= 0.6 is 0 Å². The molecular formula is C20H22F2N4O2. The highest BCUT2D eigenvalue weighted by Crippen LogP contribution is 2.47. The fraction of sp³-hybridized carbons (Fsp3) is 0.450. The Morgan fingerprint density at radius 3 is 2.39 bits per heavy atom. The van der Waals surface area contributed by atoms with Crippen LogP contribution in [0, 0.1) is 17.8 Å². The lowest BCUT2D eigenvalue weighted by atomic mass is 9.61. The molecule has 0 atom stereocenters. The number of pyridine rings is 2. The van der Waals surface area contributed by atoms with Crippen molar-refractivity contribution in [1.29, 1.82) is 0 Å². The summed E-state index contributed by atoms with van der Waals surface area (Å²) in [7, 11) is 1.47. The number of hydrogen-bond acceptors (Lipinski definition) is 5. The minimum atomic E-state index is -0.943. The molecule has 0 bridgehead atoms. The normalized spacial score (nSPS) is 18.0. The first-order chi connectivity index (χ1) is 13.5. The van der Waals surface area contributed by atoms with Crippen molar-refractivity contribution in [2.75, 3.05) is 12.4 Å². The molecule has 2 saturated carbocycles. The van der Waals surface area contributed by atoms with Gasteiger partial charge in [-0.3, -0.25) is 4.79 Å². The highest BCUT2D eigenvalue weighted by molar-refractivity contribution is 5.96. The summed E-state index contributed by atoms with van der Waals surface area (Å²) in [4.78, 5) is 20.4. The van der Waals surface area contributed by atoms with Crippen molar-refractivity contribution >= 4 is 17.4 Å². The average Bonchev–Trinajstić information content (AvgIpc) is 2.57. The molecule has 0 unspecified atom stereocenters. The first-order valence-corrected chi connectivity index (χ1v) is 9.47. The predicted molar refractivity (Wildman–Crippen MR) is 99.6 cm³/mol. The van der Waals surface area contributed by atoms with Gasteiger partial charge in [0.25, 0.3) is 5.91 Å². The van der Waals surface area contributed by atoms with E-state index in [4.69, 9.17) is 4.74 Å². The summed E-state index contributed by atoms with van der Waals surface area (Å²) in [5.41, 5.74) is 0.162. The molecule has 2 aliphatic rings. The molecule has 2 aromatic rings. The maximum atomic E-state index is 13.3. The van der Waals surface area contributed by atoms with Crippen molar-refractivity contribution in [3.8, 4) is 5.75 Å². The molecule has 28 heavy (non-hydrogen) atoms. The minimum Gasteiger partial charge on any atom is -0.494 e. The maximum Gasteiger partial charge on any atom is 0.274 e. The van der Waals surface area contributed by atoms with Crippen LogP contribution in [0.15, 0.2) is 24.3 Å². The lowest BCUT2D eigenvalue weighted by Gasteiger charge is -2.52. The van der Waals surface area contributed by atoms with Gasteiger partial charge in [0.1, 0.15) is 11.6 Å². The van der Waals surface area contributed by atoms with Gasteiger partial charge in [-0.05, 0) is 50.2 Å². The summed E-state index contributed by atoms with van der Waals surface area (Å²) in [6.45, 7) is 0. The topological polar surface area (TPSA) is 76.1 Å². The number of carbonyl (C=O) groups excluding carboxylic acids is 1. The van der Waals surface area contributed by atoms with E-state index in [2.05, 4.69) is 20.6 Å². The van der Waals surface area contributed by atoms with Crippen LogP contribution in [0.3, 0.4) is 0 Å². The Labute approximate surface area is 161 Å². The molecule has 2 aliphatic carbocycles. The van der Waals surface area contributed by atoms with Crippen molar-refractivity contribution in [2.24, 2.45) is 5.92 Å². The van der Waals surface area contributed by atoms with Crippen molar-refractivity contribution in [3.63, 3.8) is 0 Å². The zero-order valence-corrected chi connectivity index (χ0v) is 15.6. The molecule has 1 amide bonds. The lowest BCUT2D eigenvalue weighted by molar-refractivity contribution is 0.0425. The number of anilines is 2. The van der Waals surface area contributed by atoms with Crippen molar-refractivity contribution < 1.29 is 18.3 Å². The number of ether oxygens (including phenoxy) is 1. The number of methoxy groups -OCH3 is 1. The molecule has 8 heteroatoms. The zero-order chi connectivity index (χ0) is 19.7. The molecule has 0 aromatic carbocycles. The molecule has 0 aliphatic heterocycles. The van der Waals surface area contributed by atoms with Crippen molar-refractivity contribution in [1.82, 2.24) is 15.3 Å². The van der Waals surface area contributed by atoms with Crippen LogP contribution in [0.5, 0.6) is 5.75 Å². The summed E-state index contributed by atoms with van der Waals surface area (Å²) < 4.78 is 31.9. The number of halogens is 2. The van der Waals surface area contributed by atoms with Gasteiger partial charge < -0.3 is 15.4 Å². The number of nitrogens with zero attached hydrogens (tertiary/aromatic N) is 2. The highest BCUT2D eigenvalue weighted by Gasteiger charge is 2.47. The molecule has 0 spiro atoms. The molecule has 0 saturated heterocycles. The van der Waals surface area contributed by atoms with E-state index in [0.717, 1.165) is 44.2 Å². The van der Waals surface area contributed by atoms with Crippen molar-refractivity contribution in [2.45, 2.75) is 44.1 Å². The van der Waals surface area contributed by atoms with E-state index in [-0.39, 0.29) is 28.6 Å². The zero-order valence-electron chi connectivity index (χ0n) is 15.6.